The molecule has 126 valence electrons. The molecular weight excluding hydrogens is 349 g/mol. The van der Waals surface area contributed by atoms with E-state index in [1.54, 1.807) is 0 Å². The summed E-state index contributed by atoms with van der Waals surface area (Å²) in [6, 6.07) is 6.51. The minimum absolute atomic E-state index is 0.0960. The number of nitrogens with one attached hydrogen (secondary N) is 1. The van der Waals surface area contributed by atoms with Crippen molar-refractivity contribution in [1.29, 1.82) is 0 Å². The molecule has 0 unspecified atom stereocenters. The monoisotopic (exact) mass is 358 g/mol. The lowest BCUT2D eigenvalue weighted by Gasteiger charge is -2.09. The van der Waals surface area contributed by atoms with E-state index in [0.29, 0.717) is 0 Å². The first-order valence-electron chi connectivity index (χ1n) is 6.51. The highest BCUT2D eigenvalue weighted by molar-refractivity contribution is 6.29. The Hall–Kier alpha value is -2.61. The third-order valence-electron chi connectivity index (χ3n) is 2.79. The molecule has 0 aliphatic carbocycles. The molecule has 0 saturated carbocycles. The predicted octanol–water partition coefficient (Wildman–Crippen LogP) is 3.55. The summed E-state index contributed by atoms with van der Waals surface area (Å²) in [5, 5.41) is 2.41. The largest absolute Gasteiger partial charge is 0.452 e. The molecule has 2 rings (SSSR count). The zero-order valence-electron chi connectivity index (χ0n) is 11.9. The van der Waals surface area contributed by atoms with Gasteiger partial charge in [-0.2, -0.15) is 13.2 Å². The quantitative estimate of drug-likeness (QED) is 0.670. The highest BCUT2D eigenvalue weighted by Gasteiger charge is 2.29. The van der Waals surface area contributed by atoms with E-state index in [-0.39, 0.29) is 16.4 Å². The van der Waals surface area contributed by atoms with Gasteiger partial charge < -0.3 is 10.1 Å². The van der Waals surface area contributed by atoms with Crippen LogP contribution in [0.25, 0.3) is 0 Å². The number of amides is 1. The van der Waals surface area contributed by atoms with Gasteiger partial charge in [-0.25, -0.2) is 9.78 Å². The first kappa shape index (κ1) is 17.7. The molecule has 5 nitrogen and oxygen atoms in total. The second-order valence-electron chi connectivity index (χ2n) is 4.57. The van der Waals surface area contributed by atoms with Crippen molar-refractivity contribution < 1.29 is 27.5 Å². The lowest BCUT2D eigenvalue weighted by Crippen LogP contribution is -2.21. The highest BCUT2D eigenvalue weighted by atomic mass is 35.5. The number of ether oxygens (including phenoxy) is 1. The minimum Gasteiger partial charge on any atom is -0.452 e. The maximum atomic E-state index is 12.4. The van der Waals surface area contributed by atoms with Crippen LogP contribution in [0.2, 0.25) is 5.15 Å². The smallest absolute Gasteiger partial charge is 0.416 e. The van der Waals surface area contributed by atoms with Crippen LogP contribution in [-0.2, 0) is 15.7 Å². The first-order chi connectivity index (χ1) is 11.3. The van der Waals surface area contributed by atoms with Gasteiger partial charge in [0, 0.05) is 11.9 Å². The van der Waals surface area contributed by atoms with Gasteiger partial charge in [-0.1, -0.05) is 11.6 Å². The lowest BCUT2D eigenvalue weighted by molar-refractivity contribution is -0.137. The van der Waals surface area contributed by atoms with Crippen LogP contribution < -0.4 is 5.32 Å². The molecule has 9 heteroatoms. The van der Waals surface area contributed by atoms with Crippen LogP contribution in [0.1, 0.15) is 15.9 Å². The molecule has 1 aromatic carbocycles. The molecule has 0 atom stereocenters. The molecule has 0 spiro atoms. The summed E-state index contributed by atoms with van der Waals surface area (Å²) < 4.78 is 42.0. The van der Waals surface area contributed by atoms with Crippen molar-refractivity contribution in [3.8, 4) is 0 Å². The predicted molar refractivity (Wildman–Crippen MR) is 79.6 cm³/mol. The molecule has 1 aromatic heterocycles. The molecule has 0 fully saturated rings. The van der Waals surface area contributed by atoms with Crippen LogP contribution in [0.4, 0.5) is 18.9 Å². The topological polar surface area (TPSA) is 68.3 Å². The Morgan fingerprint density at radius 1 is 1.17 bits per heavy atom. The Bertz CT molecular complexity index is 748. The third-order valence-corrected chi connectivity index (χ3v) is 3.00. The van der Waals surface area contributed by atoms with Gasteiger partial charge in [-0.05, 0) is 36.4 Å². The summed E-state index contributed by atoms with van der Waals surface area (Å²) in [5.74, 6) is -1.47. The van der Waals surface area contributed by atoms with E-state index >= 15 is 0 Å². The van der Waals surface area contributed by atoms with Gasteiger partial charge in [0.15, 0.2) is 6.61 Å². The fraction of sp³-hybridized carbons (Fsp3) is 0.133. The Balaban J connectivity index is 1.88. The second kappa shape index (κ2) is 7.31. The second-order valence-corrected chi connectivity index (χ2v) is 4.95. The molecular formula is C15H10ClF3N2O3. The van der Waals surface area contributed by atoms with Gasteiger partial charge in [0.2, 0.25) is 0 Å². The summed E-state index contributed by atoms with van der Waals surface area (Å²) in [5.41, 5.74) is -0.560. The number of carbonyl (C=O) groups excluding carboxylic acids is 2. The Morgan fingerprint density at radius 3 is 2.42 bits per heavy atom. The van der Waals surface area contributed by atoms with Gasteiger partial charge in [0.05, 0.1) is 11.1 Å². The van der Waals surface area contributed by atoms with E-state index in [9.17, 15) is 22.8 Å². The van der Waals surface area contributed by atoms with E-state index in [1.807, 2.05) is 0 Å². The zero-order valence-corrected chi connectivity index (χ0v) is 12.7. The van der Waals surface area contributed by atoms with Gasteiger partial charge in [-0.3, -0.25) is 4.79 Å². The molecule has 0 saturated heterocycles. The summed E-state index contributed by atoms with van der Waals surface area (Å²) in [6.45, 7) is -0.597. The van der Waals surface area contributed by atoms with Gasteiger partial charge >= 0.3 is 12.1 Å². The van der Waals surface area contributed by atoms with Crippen molar-refractivity contribution in [3.63, 3.8) is 0 Å². The van der Waals surface area contributed by atoms with Crippen LogP contribution in [0, 0.1) is 0 Å². The molecule has 1 amide bonds. The van der Waals surface area contributed by atoms with Crippen LogP contribution in [0.15, 0.2) is 42.6 Å². The van der Waals surface area contributed by atoms with Gasteiger partial charge in [0.1, 0.15) is 5.15 Å². The first-order valence-corrected chi connectivity index (χ1v) is 6.89. The van der Waals surface area contributed by atoms with E-state index in [1.165, 1.54) is 18.3 Å². The fourth-order valence-electron chi connectivity index (χ4n) is 1.68. The Kier molecular flexibility index (Phi) is 5.40. The highest BCUT2D eigenvalue weighted by Crippen LogP contribution is 2.29. The number of halogens is 4. The van der Waals surface area contributed by atoms with Gasteiger partial charge in [0.25, 0.3) is 5.91 Å². The summed E-state index contributed by atoms with van der Waals surface area (Å²) in [7, 11) is 0. The summed E-state index contributed by atoms with van der Waals surface area (Å²) in [6.07, 6.45) is -3.15. The average Bonchev–Trinajstić information content (AvgIpc) is 2.52. The zero-order chi connectivity index (χ0) is 17.7. The van der Waals surface area contributed by atoms with E-state index in [4.69, 9.17) is 16.3 Å². The van der Waals surface area contributed by atoms with E-state index < -0.39 is 30.2 Å². The number of rotatable bonds is 4. The van der Waals surface area contributed by atoms with Crippen LogP contribution >= 0.6 is 11.6 Å². The maximum absolute atomic E-state index is 12.4. The number of hydrogen-bond donors (Lipinski definition) is 1. The van der Waals surface area contributed by atoms with Crippen LogP contribution in [0.3, 0.4) is 0 Å². The van der Waals surface area contributed by atoms with Crippen molar-refractivity contribution in [2.24, 2.45) is 0 Å². The summed E-state index contributed by atoms with van der Waals surface area (Å²) in [4.78, 5) is 27.0. The summed E-state index contributed by atoms with van der Waals surface area (Å²) >= 11 is 5.63. The molecule has 0 bridgehead atoms. The van der Waals surface area contributed by atoms with Crippen molar-refractivity contribution in [2.75, 3.05) is 11.9 Å². The Labute approximate surface area is 139 Å². The molecule has 0 aliphatic heterocycles. The number of hydrogen-bond acceptors (Lipinski definition) is 4. The maximum Gasteiger partial charge on any atom is 0.416 e. The van der Waals surface area contributed by atoms with Crippen molar-refractivity contribution in [1.82, 2.24) is 4.98 Å². The van der Waals surface area contributed by atoms with Crippen LogP contribution in [-0.4, -0.2) is 23.5 Å². The number of aromatic nitrogens is 1. The van der Waals surface area contributed by atoms with E-state index in [0.717, 1.165) is 24.3 Å². The number of nitrogens with zero attached hydrogens (tertiary/aromatic N) is 1. The number of esters is 1. The standard InChI is InChI=1S/C15H10ClF3N2O3/c16-12-7-9(5-6-20-12)14(23)24-8-13(22)21-11-3-1-10(2-4-11)15(17,18)19/h1-7H,8H2,(H,21,22). The molecule has 1 heterocycles. The van der Waals surface area contributed by atoms with Crippen molar-refractivity contribution in [2.45, 2.75) is 6.18 Å². The molecule has 0 radical (unpaired) electrons. The van der Waals surface area contributed by atoms with Crippen molar-refractivity contribution >= 4 is 29.2 Å². The third kappa shape index (κ3) is 4.95. The van der Waals surface area contributed by atoms with Gasteiger partial charge in [-0.15, -0.1) is 0 Å². The SMILES string of the molecule is O=C(COC(=O)c1ccnc(Cl)c1)Nc1ccc(C(F)(F)F)cc1. The molecule has 2 aromatic rings. The normalized spacial score (nSPS) is 11.0. The number of pyridine rings is 1. The number of anilines is 1. The lowest BCUT2D eigenvalue weighted by atomic mass is 10.2. The molecule has 1 N–H and O–H groups in total. The fourth-order valence-corrected chi connectivity index (χ4v) is 1.86. The number of alkyl halides is 3. The average molecular weight is 359 g/mol. The Morgan fingerprint density at radius 2 is 1.83 bits per heavy atom. The number of carbonyl (C=O) groups is 2. The molecule has 0 aliphatic rings. The van der Waals surface area contributed by atoms with Crippen molar-refractivity contribution in [3.05, 3.63) is 58.9 Å². The molecule has 24 heavy (non-hydrogen) atoms. The minimum atomic E-state index is -4.45. The number of benzene rings is 1. The van der Waals surface area contributed by atoms with Crippen LogP contribution in [0.5, 0.6) is 0 Å². The van der Waals surface area contributed by atoms with E-state index in [2.05, 4.69) is 10.3 Å².